The average molecular weight is 328 g/mol. The van der Waals surface area contributed by atoms with Crippen LogP contribution >= 0.6 is 0 Å². The van der Waals surface area contributed by atoms with Gasteiger partial charge in [-0.05, 0) is 23.3 Å². The molecule has 0 bridgehead atoms. The average Bonchev–Trinajstić information content (AvgIpc) is 3.00. The second-order valence-electron chi connectivity index (χ2n) is 5.79. The molecule has 120 valence electrons. The van der Waals surface area contributed by atoms with E-state index in [0.717, 1.165) is 22.0 Å². The lowest BCUT2D eigenvalue weighted by molar-refractivity contribution is 0.552. The summed E-state index contributed by atoms with van der Waals surface area (Å²) >= 11 is 0. The summed E-state index contributed by atoms with van der Waals surface area (Å²) in [7, 11) is -3.08. The van der Waals surface area contributed by atoms with Crippen molar-refractivity contribution in [2.45, 2.75) is 12.6 Å². The van der Waals surface area contributed by atoms with Gasteiger partial charge in [-0.25, -0.2) is 8.42 Å². The summed E-state index contributed by atoms with van der Waals surface area (Å²) in [6, 6.07) is 17.6. The highest BCUT2D eigenvalue weighted by Gasteiger charge is 2.17. The van der Waals surface area contributed by atoms with Gasteiger partial charge in [0, 0.05) is 35.9 Å². The first-order valence-corrected chi connectivity index (χ1v) is 9.60. The van der Waals surface area contributed by atoms with E-state index in [1.54, 1.807) is 0 Å². The molecule has 0 saturated carbocycles. The van der Waals surface area contributed by atoms with Crippen LogP contribution < -0.4 is 5.32 Å². The molecule has 2 aromatic carbocycles. The predicted molar refractivity (Wildman–Crippen MR) is 94.0 cm³/mol. The van der Waals surface area contributed by atoms with Gasteiger partial charge in [-0.2, -0.15) is 0 Å². The van der Waals surface area contributed by atoms with E-state index in [-0.39, 0.29) is 11.8 Å². The number of benzene rings is 2. The van der Waals surface area contributed by atoms with Gasteiger partial charge in [0.15, 0.2) is 0 Å². The Hall–Kier alpha value is -2.11. The molecule has 0 spiro atoms. The first-order valence-electron chi connectivity index (χ1n) is 7.54. The molecular weight excluding hydrogens is 308 g/mol. The standard InChI is InChI=1S/C18H20N2O2S/c1-23(21,22)13-18(14-6-3-2-4-7-14)20-12-15-8-5-9-17-16(15)10-11-19-17/h2-11,18-20H,12-13H2,1H3/t18-/m1/s1. The van der Waals surface area contributed by atoms with Crippen molar-refractivity contribution in [3.8, 4) is 0 Å². The Morgan fingerprint density at radius 1 is 1.04 bits per heavy atom. The molecule has 0 unspecified atom stereocenters. The highest BCUT2D eigenvalue weighted by atomic mass is 32.2. The minimum atomic E-state index is -3.08. The zero-order chi connectivity index (χ0) is 16.3. The molecule has 2 N–H and O–H groups in total. The first-order chi connectivity index (χ1) is 11.0. The maximum atomic E-state index is 11.8. The van der Waals surface area contributed by atoms with E-state index in [1.807, 2.05) is 54.7 Å². The Kier molecular flexibility index (Phi) is 4.50. The van der Waals surface area contributed by atoms with Crippen molar-refractivity contribution in [1.29, 1.82) is 0 Å². The van der Waals surface area contributed by atoms with Crippen LogP contribution in [-0.2, 0) is 16.4 Å². The van der Waals surface area contributed by atoms with Crippen molar-refractivity contribution in [2.24, 2.45) is 0 Å². The fourth-order valence-corrected chi connectivity index (χ4v) is 3.71. The zero-order valence-electron chi connectivity index (χ0n) is 13.0. The molecule has 1 heterocycles. The first kappa shape index (κ1) is 15.8. The molecule has 0 amide bonds. The fourth-order valence-electron chi connectivity index (χ4n) is 2.80. The van der Waals surface area contributed by atoms with E-state index >= 15 is 0 Å². The van der Waals surface area contributed by atoms with Gasteiger partial charge in [0.2, 0.25) is 0 Å². The van der Waals surface area contributed by atoms with E-state index in [1.165, 1.54) is 6.26 Å². The summed E-state index contributed by atoms with van der Waals surface area (Å²) in [6.07, 6.45) is 3.19. The largest absolute Gasteiger partial charge is 0.361 e. The lowest BCUT2D eigenvalue weighted by atomic mass is 10.1. The summed E-state index contributed by atoms with van der Waals surface area (Å²) in [4.78, 5) is 3.19. The van der Waals surface area contributed by atoms with Crippen molar-refractivity contribution in [1.82, 2.24) is 10.3 Å². The molecule has 3 rings (SSSR count). The van der Waals surface area contributed by atoms with Gasteiger partial charge in [0.1, 0.15) is 9.84 Å². The Balaban J connectivity index is 1.83. The van der Waals surface area contributed by atoms with Gasteiger partial charge < -0.3 is 10.3 Å². The molecule has 0 saturated heterocycles. The zero-order valence-corrected chi connectivity index (χ0v) is 13.8. The normalized spacial score (nSPS) is 13.3. The molecule has 3 aromatic rings. The lowest BCUT2D eigenvalue weighted by Gasteiger charge is -2.19. The lowest BCUT2D eigenvalue weighted by Crippen LogP contribution is -2.27. The van der Waals surface area contributed by atoms with Gasteiger partial charge in [-0.3, -0.25) is 0 Å². The quantitative estimate of drug-likeness (QED) is 0.731. The van der Waals surface area contributed by atoms with Gasteiger partial charge in [-0.1, -0.05) is 42.5 Å². The summed E-state index contributed by atoms with van der Waals surface area (Å²) in [6.45, 7) is 0.615. The molecule has 4 nitrogen and oxygen atoms in total. The highest BCUT2D eigenvalue weighted by molar-refractivity contribution is 7.90. The third-order valence-corrected chi connectivity index (χ3v) is 4.83. The van der Waals surface area contributed by atoms with Crippen molar-refractivity contribution in [2.75, 3.05) is 12.0 Å². The maximum absolute atomic E-state index is 11.8. The van der Waals surface area contributed by atoms with Gasteiger partial charge >= 0.3 is 0 Å². The van der Waals surface area contributed by atoms with Crippen LogP contribution in [0, 0.1) is 0 Å². The van der Waals surface area contributed by atoms with Crippen LogP contribution in [0.1, 0.15) is 17.2 Å². The number of aromatic amines is 1. The van der Waals surface area contributed by atoms with Gasteiger partial charge in [-0.15, -0.1) is 0 Å². The minimum absolute atomic E-state index is 0.0835. The summed E-state index contributed by atoms with van der Waals surface area (Å²) < 4.78 is 23.5. The number of aromatic nitrogens is 1. The highest BCUT2D eigenvalue weighted by Crippen LogP contribution is 2.20. The van der Waals surface area contributed by atoms with Crippen LogP contribution in [0.4, 0.5) is 0 Å². The Bertz CT molecular complexity index is 886. The van der Waals surface area contributed by atoms with E-state index in [0.29, 0.717) is 6.54 Å². The Morgan fingerprint density at radius 2 is 1.83 bits per heavy atom. The Morgan fingerprint density at radius 3 is 2.57 bits per heavy atom. The van der Waals surface area contributed by atoms with Crippen molar-refractivity contribution >= 4 is 20.7 Å². The van der Waals surface area contributed by atoms with E-state index < -0.39 is 9.84 Å². The summed E-state index contributed by atoms with van der Waals surface area (Å²) in [5, 5.41) is 4.56. The SMILES string of the molecule is CS(=O)(=O)C[C@@H](NCc1cccc2[nH]ccc12)c1ccccc1. The minimum Gasteiger partial charge on any atom is -0.361 e. The number of hydrogen-bond acceptors (Lipinski definition) is 3. The molecule has 0 aliphatic heterocycles. The Labute approximate surface area is 136 Å². The molecule has 5 heteroatoms. The second kappa shape index (κ2) is 6.56. The van der Waals surface area contributed by atoms with E-state index in [9.17, 15) is 8.42 Å². The van der Waals surface area contributed by atoms with Crippen LogP contribution in [0.5, 0.6) is 0 Å². The van der Waals surface area contributed by atoms with Crippen molar-refractivity contribution in [3.63, 3.8) is 0 Å². The third-order valence-electron chi connectivity index (χ3n) is 3.90. The van der Waals surface area contributed by atoms with E-state index in [2.05, 4.69) is 16.4 Å². The maximum Gasteiger partial charge on any atom is 0.149 e. The predicted octanol–water partition coefficient (Wildman–Crippen LogP) is 3.04. The molecule has 1 aromatic heterocycles. The number of H-pyrrole nitrogens is 1. The molecule has 0 fully saturated rings. The number of nitrogens with one attached hydrogen (secondary N) is 2. The second-order valence-corrected chi connectivity index (χ2v) is 7.98. The topological polar surface area (TPSA) is 62.0 Å². The molecule has 1 atom stereocenters. The number of sulfone groups is 1. The van der Waals surface area contributed by atoms with Gasteiger partial charge in [0.05, 0.1) is 5.75 Å². The fraction of sp³-hybridized carbons (Fsp3) is 0.222. The third kappa shape index (κ3) is 4.00. The van der Waals surface area contributed by atoms with Crippen LogP contribution in [0.15, 0.2) is 60.8 Å². The number of hydrogen-bond donors (Lipinski definition) is 2. The van der Waals surface area contributed by atoms with Crippen LogP contribution in [0.25, 0.3) is 10.9 Å². The van der Waals surface area contributed by atoms with Crippen LogP contribution in [0.2, 0.25) is 0 Å². The van der Waals surface area contributed by atoms with Gasteiger partial charge in [0.25, 0.3) is 0 Å². The summed E-state index contributed by atoms with van der Waals surface area (Å²) in [5.74, 6) is 0.0835. The molecular formula is C18H20N2O2S. The number of fused-ring (bicyclic) bond motifs is 1. The molecule has 0 aliphatic carbocycles. The molecule has 0 radical (unpaired) electrons. The smallest absolute Gasteiger partial charge is 0.149 e. The van der Waals surface area contributed by atoms with Crippen LogP contribution in [-0.4, -0.2) is 25.4 Å². The number of rotatable bonds is 6. The molecule has 23 heavy (non-hydrogen) atoms. The van der Waals surface area contributed by atoms with Crippen molar-refractivity contribution in [3.05, 3.63) is 71.9 Å². The van der Waals surface area contributed by atoms with Crippen LogP contribution in [0.3, 0.4) is 0 Å². The monoisotopic (exact) mass is 328 g/mol. The van der Waals surface area contributed by atoms with Crippen molar-refractivity contribution < 1.29 is 8.42 Å². The summed E-state index contributed by atoms with van der Waals surface area (Å²) in [5.41, 5.74) is 3.22. The molecule has 0 aliphatic rings. The van der Waals surface area contributed by atoms with E-state index in [4.69, 9.17) is 0 Å².